The summed E-state index contributed by atoms with van der Waals surface area (Å²) in [6.07, 6.45) is 5.86. The molecule has 0 spiro atoms. The highest BCUT2D eigenvalue weighted by molar-refractivity contribution is 5.94. The van der Waals surface area contributed by atoms with Crippen molar-refractivity contribution in [3.05, 3.63) is 30.1 Å². The van der Waals surface area contributed by atoms with Gasteiger partial charge in [-0.25, -0.2) is 0 Å². The first kappa shape index (κ1) is 11.7. The van der Waals surface area contributed by atoms with E-state index in [2.05, 4.69) is 16.8 Å². The summed E-state index contributed by atoms with van der Waals surface area (Å²) in [5.41, 5.74) is 0.704. The lowest BCUT2D eigenvalue weighted by molar-refractivity contribution is 0.0395. The Bertz CT molecular complexity index is 434. The molecule has 0 saturated carbocycles. The van der Waals surface area contributed by atoms with Gasteiger partial charge in [0.25, 0.3) is 5.91 Å². The number of hydrogen-bond donors (Lipinski definition) is 0. The second-order valence-corrected chi connectivity index (χ2v) is 5.34. The normalized spacial score (nSPS) is 28.2. The zero-order chi connectivity index (χ0) is 12.5. The number of aromatic nitrogens is 1. The van der Waals surface area contributed by atoms with Gasteiger partial charge in [-0.1, -0.05) is 0 Å². The Morgan fingerprint density at radius 1 is 1.44 bits per heavy atom. The van der Waals surface area contributed by atoms with Gasteiger partial charge >= 0.3 is 0 Å². The van der Waals surface area contributed by atoms with Gasteiger partial charge in [-0.2, -0.15) is 0 Å². The van der Waals surface area contributed by atoms with Crippen LogP contribution in [0, 0.1) is 0 Å². The highest BCUT2D eigenvalue weighted by atomic mass is 16.2. The zero-order valence-electron chi connectivity index (χ0n) is 10.7. The number of hydrogen-bond acceptors (Lipinski definition) is 3. The van der Waals surface area contributed by atoms with Crippen LogP contribution in [0.15, 0.2) is 24.5 Å². The van der Waals surface area contributed by atoms with Gasteiger partial charge < -0.3 is 4.90 Å². The molecule has 2 aliphatic heterocycles. The van der Waals surface area contributed by atoms with Gasteiger partial charge in [0.15, 0.2) is 0 Å². The van der Waals surface area contributed by atoms with Crippen LogP contribution in [0.1, 0.15) is 30.1 Å². The fraction of sp³-hybridized carbons (Fsp3) is 0.571. The summed E-state index contributed by atoms with van der Waals surface area (Å²) in [5, 5.41) is 0. The number of rotatable bonds is 1. The van der Waals surface area contributed by atoms with Crippen molar-refractivity contribution in [3.8, 4) is 0 Å². The molecule has 2 atom stereocenters. The molecule has 1 aromatic heterocycles. The van der Waals surface area contributed by atoms with E-state index in [9.17, 15) is 4.79 Å². The fourth-order valence-corrected chi connectivity index (χ4v) is 3.13. The SMILES string of the molecule is CC1CN2CCCC2CN1C(=O)c1cccnc1. The minimum Gasteiger partial charge on any atom is -0.333 e. The van der Waals surface area contributed by atoms with Crippen molar-refractivity contribution in [2.24, 2.45) is 0 Å². The smallest absolute Gasteiger partial charge is 0.255 e. The van der Waals surface area contributed by atoms with Crippen molar-refractivity contribution < 1.29 is 4.79 Å². The number of piperazine rings is 1. The number of carbonyl (C=O) groups excluding carboxylic acids is 1. The van der Waals surface area contributed by atoms with Crippen LogP contribution in [0.3, 0.4) is 0 Å². The van der Waals surface area contributed by atoms with Crippen LogP contribution in [-0.4, -0.2) is 52.4 Å². The number of nitrogens with zero attached hydrogens (tertiary/aromatic N) is 3. The van der Waals surface area contributed by atoms with Crippen LogP contribution < -0.4 is 0 Å². The average molecular weight is 245 g/mol. The van der Waals surface area contributed by atoms with Crippen molar-refractivity contribution in [2.75, 3.05) is 19.6 Å². The van der Waals surface area contributed by atoms with Gasteiger partial charge in [-0.15, -0.1) is 0 Å². The molecular weight excluding hydrogens is 226 g/mol. The Morgan fingerprint density at radius 3 is 3.11 bits per heavy atom. The molecular formula is C14H19N3O. The van der Waals surface area contributed by atoms with Crippen LogP contribution in [-0.2, 0) is 0 Å². The Labute approximate surface area is 108 Å². The molecule has 96 valence electrons. The summed E-state index contributed by atoms with van der Waals surface area (Å²) in [4.78, 5) is 21.0. The first-order chi connectivity index (χ1) is 8.75. The summed E-state index contributed by atoms with van der Waals surface area (Å²) in [5.74, 6) is 0.127. The third-order valence-corrected chi connectivity index (χ3v) is 4.11. The van der Waals surface area contributed by atoms with E-state index < -0.39 is 0 Å². The predicted molar refractivity (Wildman–Crippen MR) is 69.3 cm³/mol. The predicted octanol–water partition coefficient (Wildman–Crippen LogP) is 1.39. The lowest BCUT2D eigenvalue weighted by Gasteiger charge is -2.42. The van der Waals surface area contributed by atoms with E-state index >= 15 is 0 Å². The Kier molecular flexibility index (Phi) is 3.04. The molecule has 2 fully saturated rings. The Morgan fingerprint density at radius 2 is 2.33 bits per heavy atom. The molecule has 3 rings (SSSR count). The number of carbonyl (C=O) groups is 1. The minimum absolute atomic E-state index is 0.127. The van der Waals surface area contributed by atoms with Crippen molar-refractivity contribution in [2.45, 2.75) is 31.8 Å². The van der Waals surface area contributed by atoms with Crippen LogP contribution in [0.4, 0.5) is 0 Å². The molecule has 0 radical (unpaired) electrons. The van der Waals surface area contributed by atoms with Crippen molar-refractivity contribution in [3.63, 3.8) is 0 Å². The van der Waals surface area contributed by atoms with E-state index in [1.165, 1.54) is 19.4 Å². The molecule has 1 amide bonds. The standard InChI is InChI=1S/C14H19N3O/c1-11-9-16-7-3-5-13(16)10-17(11)14(18)12-4-2-6-15-8-12/h2,4,6,8,11,13H,3,5,7,9-10H2,1H3. The lowest BCUT2D eigenvalue weighted by atomic mass is 10.1. The van der Waals surface area contributed by atoms with E-state index in [1.807, 2.05) is 17.0 Å². The second-order valence-electron chi connectivity index (χ2n) is 5.34. The maximum atomic E-state index is 12.5. The molecule has 0 N–H and O–H groups in total. The van der Waals surface area contributed by atoms with Gasteiger partial charge in [-0.05, 0) is 38.4 Å². The van der Waals surface area contributed by atoms with Crippen LogP contribution >= 0.6 is 0 Å². The largest absolute Gasteiger partial charge is 0.333 e. The molecule has 0 aliphatic carbocycles. The molecule has 3 heterocycles. The Balaban J connectivity index is 1.77. The molecule has 4 heteroatoms. The maximum absolute atomic E-state index is 12.5. The molecule has 4 nitrogen and oxygen atoms in total. The van der Waals surface area contributed by atoms with Gasteiger partial charge in [0.05, 0.1) is 5.56 Å². The van der Waals surface area contributed by atoms with Crippen LogP contribution in [0.2, 0.25) is 0 Å². The fourth-order valence-electron chi connectivity index (χ4n) is 3.13. The van der Waals surface area contributed by atoms with Crippen LogP contribution in [0.25, 0.3) is 0 Å². The quantitative estimate of drug-likeness (QED) is 0.750. The summed E-state index contributed by atoms with van der Waals surface area (Å²) >= 11 is 0. The number of fused-ring (bicyclic) bond motifs is 1. The topological polar surface area (TPSA) is 36.4 Å². The molecule has 0 aromatic carbocycles. The zero-order valence-corrected chi connectivity index (χ0v) is 10.7. The molecule has 2 saturated heterocycles. The third-order valence-electron chi connectivity index (χ3n) is 4.11. The molecule has 2 unspecified atom stereocenters. The number of amides is 1. The first-order valence-corrected chi connectivity index (χ1v) is 6.71. The number of pyridine rings is 1. The van der Waals surface area contributed by atoms with Crippen molar-refractivity contribution in [1.82, 2.24) is 14.8 Å². The van der Waals surface area contributed by atoms with E-state index in [0.717, 1.165) is 13.1 Å². The second kappa shape index (κ2) is 4.69. The van der Waals surface area contributed by atoms with Gasteiger partial charge in [0, 0.05) is 37.6 Å². The monoisotopic (exact) mass is 245 g/mol. The minimum atomic E-state index is 0.127. The molecule has 2 aliphatic rings. The van der Waals surface area contributed by atoms with E-state index in [0.29, 0.717) is 17.6 Å². The van der Waals surface area contributed by atoms with Gasteiger partial charge in [-0.3, -0.25) is 14.7 Å². The summed E-state index contributed by atoms with van der Waals surface area (Å²) in [6, 6.07) is 4.54. The summed E-state index contributed by atoms with van der Waals surface area (Å²) in [6.45, 7) is 5.22. The summed E-state index contributed by atoms with van der Waals surface area (Å²) < 4.78 is 0. The highest BCUT2D eigenvalue weighted by Gasteiger charge is 2.36. The van der Waals surface area contributed by atoms with E-state index in [4.69, 9.17) is 0 Å². The third kappa shape index (κ3) is 2.01. The average Bonchev–Trinajstić information content (AvgIpc) is 2.85. The highest BCUT2D eigenvalue weighted by Crippen LogP contribution is 2.25. The van der Waals surface area contributed by atoms with E-state index in [1.54, 1.807) is 12.4 Å². The van der Waals surface area contributed by atoms with Gasteiger partial charge in [0.1, 0.15) is 0 Å². The van der Waals surface area contributed by atoms with Crippen molar-refractivity contribution >= 4 is 5.91 Å². The van der Waals surface area contributed by atoms with E-state index in [-0.39, 0.29) is 5.91 Å². The van der Waals surface area contributed by atoms with Crippen molar-refractivity contribution in [1.29, 1.82) is 0 Å². The molecule has 18 heavy (non-hydrogen) atoms. The molecule has 0 bridgehead atoms. The lowest BCUT2D eigenvalue weighted by Crippen LogP contribution is -2.56. The summed E-state index contributed by atoms with van der Waals surface area (Å²) in [7, 11) is 0. The first-order valence-electron chi connectivity index (χ1n) is 6.71. The van der Waals surface area contributed by atoms with Crippen LogP contribution in [0.5, 0.6) is 0 Å². The maximum Gasteiger partial charge on any atom is 0.255 e. The van der Waals surface area contributed by atoms with Gasteiger partial charge in [0.2, 0.25) is 0 Å². The molecule has 1 aromatic rings. The Hall–Kier alpha value is -1.42.